The average molecular weight is 659 g/mol. The van der Waals surface area contributed by atoms with Crippen molar-refractivity contribution in [2.75, 3.05) is 41.9 Å². The van der Waals surface area contributed by atoms with E-state index in [0.29, 0.717) is 72.4 Å². The Bertz CT molecular complexity index is 1680. The number of carbonyl (C=O) groups is 2. The van der Waals surface area contributed by atoms with Gasteiger partial charge in [0.25, 0.3) is 15.9 Å². The van der Waals surface area contributed by atoms with Gasteiger partial charge in [-0.1, -0.05) is 47.8 Å². The molecule has 12 heteroatoms. The molecule has 0 fully saturated rings. The Kier molecular flexibility index (Phi) is 9.58. The normalized spacial score (nSPS) is 17.6. The summed E-state index contributed by atoms with van der Waals surface area (Å²) in [4.78, 5) is 31.2. The van der Waals surface area contributed by atoms with Gasteiger partial charge in [0.1, 0.15) is 0 Å². The minimum atomic E-state index is -4.40. The van der Waals surface area contributed by atoms with Crippen LogP contribution in [0.3, 0.4) is 0 Å². The Hall–Kier alpha value is -3.15. The highest BCUT2D eigenvalue weighted by molar-refractivity contribution is 7.93. The Labute approximate surface area is 269 Å². The van der Waals surface area contributed by atoms with Crippen molar-refractivity contribution in [3.8, 4) is 0 Å². The molecule has 3 aromatic carbocycles. The summed E-state index contributed by atoms with van der Waals surface area (Å²) in [7, 11) is -4.40. The van der Waals surface area contributed by atoms with Gasteiger partial charge in [0.15, 0.2) is 5.54 Å². The Morgan fingerprint density at radius 1 is 0.977 bits per heavy atom. The molecule has 2 aliphatic rings. The highest BCUT2D eigenvalue weighted by Gasteiger charge is 2.56. The number of rotatable bonds is 11. The molecular formula is C32H37Cl2N5O4S. The van der Waals surface area contributed by atoms with E-state index in [1.54, 1.807) is 64.4 Å². The molecule has 3 N–H and O–H groups in total. The summed E-state index contributed by atoms with van der Waals surface area (Å²) in [5, 5.41) is 4.06. The molecule has 0 radical (unpaired) electrons. The van der Waals surface area contributed by atoms with Crippen molar-refractivity contribution in [2.24, 2.45) is 5.73 Å². The van der Waals surface area contributed by atoms with Crippen LogP contribution in [0.5, 0.6) is 0 Å². The number of amides is 3. The zero-order valence-corrected chi connectivity index (χ0v) is 27.2. The minimum absolute atomic E-state index is 0.0412. The number of hydrogen-bond donors (Lipinski definition) is 2. The maximum absolute atomic E-state index is 14.7. The van der Waals surface area contributed by atoms with Crippen molar-refractivity contribution >= 4 is 56.5 Å². The summed E-state index contributed by atoms with van der Waals surface area (Å²) in [5.41, 5.74) is 6.52. The number of sulfonamides is 1. The predicted molar refractivity (Wildman–Crippen MR) is 175 cm³/mol. The van der Waals surface area contributed by atoms with Gasteiger partial charge >= 0.3 is 6.03 Å². The number of anilines is 2. The van der Waals surface area contributed by atoms with Gasteiger partial charge in [-0.25, -0.2) is 17.5 Å². The topological polar surface area (TPSA) is 116 Å². The lowest BCUT2D eigenvalue weighted by atomic mass is 9.83. The van der Waals surface area contributed by atoms with Crippen molar-refractivity contribution in [3.63, 3.8) is 0 Å². The van der Waals surface area contributed by atoms with E-state index >= 15 is 0 Å². The summed E-state index contributed by atoms with van der Waals surface area (Å²) >= 11 is 13.2. The number of unbranched alkanes of at least 4 members (excludes halogenated alkanes) is 2. The number of carbonyl (C=O) groups excluding carboxylic acids is 2. The largest absolute Gasteiger partial charge is 0.330 e. The van der Waals surface area contributed by atoms with Gasteiger partial charge in [-0.2, -0.15) is 0 Å². The van der Waals surface area contributed by atoms with E-state index in [2.05, 4.69) is 5.32 Å². The number of fused-ring (bicyclic) bond motifs is 2. The fourth-order valence-electron chi connectivity index (χ4n) is 6.12. The SMILES string of the molecule is CCN(CC)C(=O)N1CCc2cc(S(=O)(=O)N3C(=O)C(NCCCCCN)(c4ccccc4Cl)c4cc(Cl)ccc43)ccc21. The van der Waals surface area contributed by atoms with Gasteiger partial charge in [0.05, 0.1) is 10.6 Å². The van der Waals surface area contributed by atoms with Crippen LogP contribution in [0.15, 0.2) is 65.6 Å². The van der Waals surface area contributed by atoms with Gasteiger partial charge in [-0.3, -0.25) is 15.0 Å². The van der Waals surface area contributed by atoms with Crippen LogP contribution in [0.4, 0.5) is 16.2 Å². The monoisotopic (exact) mass is 657 g/mol. The van der Waals surface area contributed by atoms with Crippen LogP contribution < -0.4 is 20.3 Å². The van der Waals surface area contributed by atoms with E-state index in [1.165, 1.54) is 6.07 Å². The Balaban J connectivity index is 1.59. The number of urea groups is 1. The number of nitrogens with zero attached hydrogens (tertiary/aromatic N) is 3. The van der Waals surface area contributed by atoms with E-state index in [1.807, 2.05) is 13.8 Å². The first-order valence-electron chi connectivity index (χ1n) is 14.9. The number of hydrogen-bond acceptors (Lipinski definition) is 6. The van der Waals surface area contributed by atoms with Crippen molar-refractivity contribution < 1.29 is 18.0 Å². The Morgan fingerprint density at radius 3 is 2.41 bits per heavy atom. The molecule has 0 saturated carbocycles. The maximum atomic E-state index is 14.7. The lowest BCUT2D eigenvalue weighted by Crippen LogP contribution is -2.53. The molecule has 3 aromatic rings. The zero-order chi connectivity index (χ0) is 31.6. The molecule has 0 aromatic heterocycles. The second-order valence-corrected chi connectivity index (χ2v) is 13.5. The molecule has 0 bridgehead atoms. The molecule has 44 heavy (non-hydrogen) atoms. The Morgan fingerprint density at radius 2 is 1.70 bits per heavy atom. The fourth-order valence-corrected chi connectivity index (χ4v) is 8.09. The minimum Gasteiger partial charge on any atom is -0.330 e. The summed E-state index contributed by atoms with van der Waals surface area (Å²) < 4.78 is 29.7. The highest BCUT2D eigenvalue weighted by Crippen LogP contribution is 2.49. The number of halogens is 2. The second kappa shape index (κ2) is 13.1. The first-order chi connectivity index (χ1) is 21.1. The molecule has 1 atom stereocenters. The van der Waals surface area contributed by atoms with Crippen molar-refractivity contribution in [1.82, 2.24) is 10.2 Å². The lowest BCUT2D eigenvalue weighted by molar-refractivity contribution is -0.121. The predicted octanol–water partition coefficient (Wildman–Crippen LogP) is 5.52. The number of benzene rings is 3. The molecule has 2 aliphatic heterocycles. The first-order valence-corrected chi connectivity index (χ1v) is 17.1. The maximum Gasteiger partial charge on any atom is 0.324 e. The van der Waals surface area contributed by atoms with Crippen LogP contribution in [-0.2, 0) is 26.8 Å². The molecular weight excluding hydrogens is 621 g/mol. The van der Waals surface area contributed by atoms with Crippen molar-refractivity contribution in [1.29, 1.82) is 0 Å². The standard InChI is InChI=1S/C32H37Cl2N5O4S/c1-3-37(4-2)31(41)38-19-16-22-20-24(13-15-28(22)38)44(42,43)39-29-14-12-23(33)21-26(29)32(30(39)40,36-18-9-5-8-17-35)25-10-6-7-11-27(25)34/h6-7,10-15,20-21,36H,3-5,8-9,16-19,35H2,1-2H3. The van der Waals surface area contributed by atoms with Gasteiger partial charge < -0.3 is 10.6 Å². The molecule has 2 heterocycles. The third-order valence-electron chi connectivity index (χ3n) is 8.39. The highest BCUT2D eigenvalue weighted by atomic mass is 35.5. The third-order valence-corrected chi connectivity index (χ3v) is 10.6. The van der Waals surface area contributed by atoms with Gasteiger partial charge in [-0.15, -0.1) is 0 Å². The van der Waals surface area contributed by atoms with Crippen molar-refractivity contribution in [3.05, 3.63) is 87.4 Å². The zero-order valence-electron chi connectivity index (χ0n) is 24.9. The number of nitrogens with one attached hydrogen (secondary N) is 1. The van der Waals surface area contributed by atoms with Crippen LogP contribution in [0.2, 0.25) is 10.0 Å². The molecule has 0 saturated heterocycles. The quantitative estimate of drug-likeness (QED) is 0.263. The molecule has 3 amide bonds. The summed E-state index contributed by atoms with van der Waals surface area (Å²) in [6.45, 7) is 6.40. The summed E-state index contributed by atoms with van der Waals surface area (Å²) in [6, 6.07) is 16.2. The molecule has 9 nitrogen and oxygen atoms in total. The third kappa shape index (κ3) is 5.47. The van der Waals surface area contributed by atoms with E-state index in [9.17, 15) is 18.0 Å². The van der Waals surface area contributed by atoms with Crippen molar-refractivity contribution in [2.45, 2.75) is 50.0 Å². The van der Waals surface area contributed by atoms with E-state index in [0.717, 1.165) is 22.7 Å². The fraction of sp³-hybridized carbons (Fsp3) is 0.375. The van der Waals surface area contributed by atoms with E-state index in [-0.39, 0.29) is 16.6 Å². The van der Waals surface area contributed by atoms with Gasteiger partial charge in [0.2, 0.25) is 0 Å². The molecule has 5 rings (SSSR count). The van der Waals surface area contributed by atoms with Gasteiger partial charge in [0, 0.05) is 46.5 Å². The molecule has 0 aliphatic carbocycles. The molecule has 234 valence electrons. The lowest BCUT2D eigenvalue weighted by Gasteiger charge is -2.31. The summed E-state index contributed by atoms with van der Waals surface area (Å²) in [6.07, 6.45) is 2.88. The van der Waals surface area contributed by atoms with E-state index < -0.39 is 21.5 Å². The van der Waals surface area contributed by atoms with Crippen LogP contribution in [0, 0.1) is 0 Å². The number of nitrogens with two attached hydrogens (primary N) is 1. The molecule has 0 spiro atoms. The molecule has 1 unspecified atom stereocenters. The van der Waals surface area contributed by atoms with Gasteiger partial charge in [-0.05, 0) is 94.2 Å². The van der Waals surface area contributed by atoms with Crippen LogP contribution in [0.25, 0.3) is 0 Å². The van der Waals surface area contributed by atoms with E-state index in [4.69, 9.17) is 28.9 Å². The summed E-state index contributed by atoms with van der Waals surface area (Å²) in [5.74, 6) is -0.694. The van der Waals surface area contributed by atoms with Crippen LogP contribution >= 0.6 is 23.2 Å². The van der Waals surface area contributed by atoms with Crippen LogP contribution in [0.1, 0.15) is 49.8 Å². The smallest absolute Gasteiger partial charge is 0.324 e. The average Bonchev–Trinajstić information content (AvgIpc) is 3.54. The van der Waals surface area contributed by atoms with Crippen LogP contribution in [-0.4, -0.2) is 58.0 Å². The second-order valence-electron chi connectivity index (χ2n) is 10.9. The first kappa shape index (κ1) is 32.2.